The van der Waals surface area contributed by atoms with Crippen molar-refractivity contribution in [3.63, 3.8) is 0 Å². The van der Waals surface area contributed by atoms with E-state index in [2.05, 4.69) is 78.2 Å². The molecule has 0 aromatic heterocycles. The van der Waals surface area contributed by atoms with Gasteiger partial charge in [-0.25, -0.2) is 0 Å². The molecule has 48 heavy (non-hydrogen) atoms. The minimum absolute atomic E-state index is 0.0103. The molecule has 1 heterocycles. The van der Waals surface area contributed by atoms with Gasteiger partial charge in [-0.05, 0) is 58.9 Å². The fraction of sp³-hybridized carbons (Fsp3) is 0.350. The average Bonchev–Trinajstić information content (AvgIpc) is 3.12. The van der Waals surface area contributed by atoms with Gasteiger partial charge in [-0.1, -0.05) is 98.3 Å². The van der Waals surface area contributed by atoms with Crippen molar-refractivity contribution in [3.05, 3.63) is 125 Å². The maximum atomic E-state index is 12.4. The highest BCUT2D eigenvalue weighted by atomic mass is 32.2. The number of rotatable bonds is 15. The highest BCUT2D eigenvalue weighted by molar-refractivity contribution is 7.99. The lowest BCUT2D eigenvalue weighted by Gasteiger charge is -2.41. The topological polar surface area (TPSA) is 96.9 Å². The third-order valence-corrected chi connectivity index (χ3v) is 9.77. The molecule has 5 rings (SSSR count). The van der Waals surface area contributed by atoms with Crippen LogP contribution in [0.25, 0.3) is 11.1 Å². The predicted molar refractivity (Wildman–Crippen MR) is 191 cm³/mol. The van der Waals surface area contributed by atoms with Crippen LogP contribution in [0.1, 0.15) is 74.2 Å². The van der Waals surface area contributed by atoms with Crippen LogP contribution < -0.4 is 10.6 Å². The third-order valence-electron chi connectivity index (χ3n) is 8.67. The average molecular weight is 667 g/mol. The van der Waals surface area contributed by atoms with E-state index in [0.29, 0.717) is 19.5 Å². The Hall–Kier alpha value is -3.95. The standard InChI is InChI=1S/C40H46N2O5S/c1-28-37(27-48-36-12-5-3-6-13-36)46-40(47-39(28)33-17-15-30(26-43)16-18-33)34-21-19-32(20-22-34)35-11-9-10-31(24-35)25-42-38(45)14-7-4-8-23-41-29(2)44/h3,5-6,9-13,15-22,24,28,37,39-40,43H,4,7-8,14,23,25-27H2,1-2H3,(H,41,44)(H,42,45)/t28-,37+,39+,40+/m1/s1. The summed E-state index contributed by atoms with van der Waals surface area (Å²) in [6.07, 6.45) is 2.34. The fourth-order valence-electron chi connectivity index (χ4n) is 5.84. The number of unbranched alkanes of at least 4 members (excludes halogenated alkanes) is 2. The van der Waals surface area contributed by atoms with Crippen LogP contribution >= 0.6 is 11.8 Å². The molecule has 0 bridgehead atoms. The van der Waals surface area contributed by atoms with Gasteiger partial charge >= 0.3 is 0 Å². The molecular weight excluding hydrogens is 621 g/mol. The lowest BCUT2D eigenvalue weighted by atomic mass is 9.91. The van der Waals surface area contributed by atoms with Crippen LogP contribution in [0.15, 0.2) is 108 Å². The molecule has 7 nitrogen and oxygen atoms in total. The molecule has 1 saturated heterocycles. The number of hydrogen-bond acceptors (Lipinski definition) is 6. The molecule has 4 aromatic rings. The Bertz CT molecular complexity index is 1600. The summed E-state index contributed by atoms with van der Waals surface area (Å²) < 4.78 is 13.3. The van der Waals surface area contributed by atoms with Crippen molar-refractivity contribution in [1.82, 2.24) is 10.6 Å². The van der Waals surface area contributed by atoms with Crippen molar-refractivity contribution in [2.75, 3.05) is 12.3 Å². The lowest BCUT2D eigenvalue weighted by Crippen LogP contribution is -2.38. The molecule has 4 aromatic carbocycles. The van der Waals surface area contributed by atoms with E-state index < -0.39 is 6.29 Å². The van der Waals surface area contributed by atoms with Crippen molar-refractivity contribution >= 4 is 23.6 Å². The Labute approximate surface area is 288 Å². The minimum Gasteiger partial charge on any atom is -0.392 e. The number of thioether (sulfide) groups is 1. The van der Waals surface area contributed by atoms with E-state index in [1.807, 2.05) is 42.5 Å². The van der Waals surface area contributed by atoms with Crippen molar-refractivity contribution in [1.29, 1.82) is 0 Å². The molecule has 0 saturated carbocycles. The molecule has 0 radical (unpaired) electrons. The monoisotopic (exact) mass is 666 g/mol. The maximum Gasteiger partial charge on any atom is 0.220 e. The van der Waals surface area contributed by atoms with Crippen LogP contribution in [0, 0.1) is 5.92 Å². The van der Waals surface area contributed by atoms with Crippen LogP contribution in [0.4, 0.5) is 0 Å². The smallest absolute Gasteiger partial charge is 0.220 e. The molecule has 0 aliphatic carbocycles. The summed E-state index contributed by atoms with van der Waals surface area (Å²) in [7, 11) is 0. The van der Waals surface area contributed by atoms with Gasteiger partial charge in [-0.3, -0.25) is 9.59 Å². The first-order valence-electron chi connectivity index (χ1n) is 16.8. The van der Waals surface area contributed by atoms with Gasteiger partial charge in [-0.2, -0.15) is 0 Å². The quantitative estimate of drug-likeness (QED) is 0.0888. The summed E-state index contributed by atoms with van der Waals surface area (Å²) in [4.78, 5) is 24.6. The van der Waals surface area contributed by atoms with E-state index in [-0.39, 0.29) is 36.5 Å². The minimum atomic E-state index is -0.522. The summed E-state index contributed by atoms with van der Waals surface area (Å²) in [5.74, 6) is 0.937. The molecule has 252 valence electrons. The summed E-state index contributed by atoms with van der Waals surface area (Å²) >= 11 is 1.79. The van der Waals surface area contributed by atoms with Crippen molar-refractivity contribution < 1.29 is 24.2 Å². The summed E-state index contributed by atoms with van der Waals surface area (Å²) in [5, 5.41) is 15.4. The normalized spacial score (nSPS) is 19.1. The van der Waals surface area contributed by atoms with Crippen molar-refractivity contribution in [3.8, 4) is 11.1 Å². The largest absolute Gasteiger partial charge is 0.392 e. The number of ether oxygens (including phenoxy) is 2. The van der Waals surface area contributed by atoms with E-state index in [0.717, 1.165) is 58.4 Å². The molecule has 1 fully saturated rings. The fourth-order valence-corrected chi connectivity index (χ4v) is 6.93. The Balaban J connectivity index is 1.22. The SMILES string of the molecule is CC(=O)NCCCCCC(=O)NCc1cccc(-c2ccc([C@H]3O[C@@H](CSc4ccccc4)[C@@H](C)[C@@H](c4ccc(CO)cc4)O3)cc2)c1. The van der Waals surface area contributed by atoms with Gasteiger partial charge < -0.3 is 25.2 Å². The Kier molecular flexibility index (Phi) is 13.3. The van der Waals surface area contributed by atoms with E-state index in [1.165, 1.54) is 11.8 Å². The van der Waals surface area contributed by atoms with Gasteiger partial charge in [0, 0.05) is 48.6 Å². The first-order valence-corrected chi connectivity index (χ1v) is 17.8. The highest BCUT2D eigenvalue weighted by Gasteiger charge is 2.38. The molecular formula is C40H46N2O5S. The molecule has 0 unspecified atom stereocenters. The number of aliphatic hydroxyl groups excluding tert-OH is 1. The lowest BCUT2D eigenvalue weighted by molar-refractivity contribution is -0.268. The first-order chi connectivity index (χ1) is 23.4. The number of carbonyl (C=O) groups is 2. The summed E-state index contributed by atoms with van der Waals surface area (Å²) in [6.45, 7) is 4.84. The van der Waals surface area contributed by atoms with Gasteiger partial charge in [-0.15, -0.1) is 11.8 Å². The van der Waals surface area contributed by atoms with Crippen molar-refractivity contribution in [2.45, 2.75) is 76.1 Å². The zero-order valence-electron chi connectivity index (χ0n) is 27.8. The molecule has 4 atom stereocenters. The third kappa shape index (κ3) is 10.3. The maximum absolute atomic E-state index is 12.4. The zero-order chi connectivity index (χ0) is 33.7. The van der Waals surface area contributed by atoms with Crippen LogP contribution in [-0.2, 0) is 32.2 Å². The van der Waals surface area contributed by atoms with Gasteiger partial charge in [0.15, 0.2) is 6.29 Å². The van der Waals surface area contributed by atoms with Crippen LogP contribution in [-0.4, -0.2) is 35.3 Å². The van der Waals surface area contributed by atoms with E-state index in [9.17, 15) is 14.7 Å². The Morgan fingerprint density at radius 3 is 2.25 bits per heavy atom. The second kappa shape index (κ2) is 18.0. The number of hydrogen-bond donors (Lipinski definition) is 3. The van der Waals surface area contributed by atoms with Crippen molar-refractivity contribution in [2.24, 2.45) is 5.92 Å². The molecule has 1 aliphatic rings. The second-order valence-corrected chi connectivity index (χ2v) is 13.4. The van der Waals surface area contributed by atoms with Gasteiger partial charge in [0.2, 0.25) is 11.8 Å². The van der Waals surface area contributed by atoms with E-state index in [4.69, 9.17) is 9.47 Å². The number of amides is 2. The second-order valence-electron chi connectivity index (χ2n) is 12.3. The molecule has 8 heteroatoms. The molecule has 1 aliphatic heterocycles. The summed E-state index contributed by atoms with van der Waals surface area (Å²) in [5.41, 5.74) is 6.09. The first kappa shape index (κ1) is 35.4. The van der Waals surface area contributed by atoms with E-state index >= 15 is 0 Å². The number of benzene rings is 4. The predicted octanol–water partition coefficient (Wildman–Crippen LogP) is 7.74. The van der Waals surface area contributed by atoms with Gasteiger partial charge in [0.1, 0.15) is 0 Å². The molecule has 3 N–H and O–H groups in total. The zero-order valence-corrected chi connectivity index (χ0v) is 28.6. The van der Waals surface area contributed by atoms with Crippen LogP contribution in [0.3, 0.4) is 0 Å². The number of nitrogens with one attached hydrogen (secondary N) is 2. The number of carbonyl (C=O) groups excluding carboxylic acids is 2. The van der Waals surface area contributed by atoms with Gasteiger partial charge in [0.05, 0.1) is 18.8 Å². The van der Waals surface area contributed by atoms with Crippen LogP contribution in [0.5, 0.6) is 0 Å². The Morgan fingerprint density at radius 2 is 1.52 bits per heavy atom. The highest BCUT2D eigenvalue weighted by Crippen LogP contribution is 2.43. The van der Waals surface area contributed by atoms with Crippen LogP contribution in [0.2, 0.25) is 0 Å². The molecule has 0 spiro atoms. The molecule has 2 amide bonds. The Morgan fingerprint density at radius 1 is 0.771 bits per heavy atom. The number of aliphatic hydroxyl groups is 1. The summed E-state index contributed by atoms with van der Waals surface area (Å²) in [6, 6.07) is 35.0. The van der Waals surface area contributed by atoms with E-state index in [1.54, 1.807) is 11.8 Å². The van der Waals surface area contributed by atoms with Gasteiger partial charge in [0.25, 0.3) is 0 Å².